The second kappa shape index (κ2) is 8.47. The number of rotatable bonds is 6. The molecule has 2 N–H and O–H groups in total. The van der Waals surface area contributed by atoms with Crippen molar-refractivity contribution in [3.63, 3.8) is 0 Å². The van der Waals surface area contributed by atoms with Crippen LogP contribution in [0.3, 0.4) is 0 Å². The molecule has 0 aromatic heterocycles. The van der Waals surface area contributed by atoms with E-state index in [0.29, 0.717) is 36.8 Å². The molecule has 0 radical (unpaired) electrons. The van der Waals surface area contributed by atoms with Crippen LogP contribution >= 0.6 is 0 Å². The normalized spacial score (nSPS) is 37.8. The number of carbonyl (C=O) groups is 1. The molecule has 5 atom stereocenters. The van der Waals surface area contributed by atoms with Crippen LogP contribution in [0.1, 0.15) is 72.6 Å². The highest BCUT2D eigenvalue weighted by atomic mass is 16.3. The molecule has 4 nitrogen and oxygen atoms in total. The molecule has 0 aliphatic heterocycles. The van der Waals surface area contributed by atoms with Crippen LogP contribution in [0.4, 0.5) is 0 Å². The second-order valence-corrected chi connectivity index (χ2v) is 10.4. The van der Waals surface area contributed by atoms with Crippen molar-refractivity contribution in [3.05, 3.63) is 11.6 Å². The van der Waals surface area contributed by atoms with Crippen LogP contribution in [0.2, 0.25) is 0 Å². The van der Waals surface area contributed by atoms with E-state index in [2.05, 4.69) is 33.8 Å². The molecule has 3 aliphatic carbocycles. The van der Waals surface area contributed by atoms with Crippen LogP contribution in [0, 0.1) is 34.5 Å². The third kappa shape index (κ3) is 3.67. The van der Waals surface area contributed by atoms with Crippen molar-refractivity contribution in [2.24, 2.45) is 34.5 Å². The van der Waals surface area contributed by atoms with E-state index < -0.39 is 0 Å². The highest BCUT2D eigenvalue weighted by molar-refractivity contribution is 5.83. The molecule has 1 amide bonds. The highest BCUT2D eigenvalue weighted by Crippen LogP contribution is 2.63. The van der Waals surface area contributed by atoms with Gasteiger partial charge in [0.25, 0.3) is 0 Å². The average molecular weight is 392 g/mol. The van der Waals surface area contributed by atoms with Crippen LogP contribution in [0.25, 0.3) is 0 Å². The smallest absolute Gasteiger partial charge is 0.228 e. The summed E-state index contributed by atoms with van der Waals surface area (Å²) in [6.07, 6.45) is 10.7. The monoisotopic (exact) mass is 391 g/mol. The van der Waals surface area contributed by atoms with Gasteiger partial charge in [0.15, 0.2) is 0 Å². The maximum absolute atomic E-state index is 13.6. The fourth-order valence-electron chi connectivity index (χ4n) is 7.13. The van der Waals surface area contributed by atoms with E-state index in [0.717, 1.165) is 19.3 Å². The van der Waals surface area contributed by atoms with Gasteiger partial charge in [0.2, 0.25) is 5.91 Å². The van der Waals surface area contributed by atoms with Crippen molar-refractivity contribution in [3.8, 4) is 0 Å². The fourth-order valence-corrected chi connectivity index (χ4v) is 7.13. The fraction of sp³-hybridized carbons (Fsp3) is 0.875. The van der Waals surface area contributed by atoms with Crippen molar-refractivity contribution < 1.29 is 15.0 Å². The van der Waals surface area contributed by atoms with Gasteiger partial charge in [0, 0.05) is 18.5 Å². The maximum Gasteiger partial charge on any atom is 0.228 e. The van der Waals surface area contributed by atoms with Crippen molar-refractivity contribution in [1.82, 2.24) is 4.90 Å². The third-order valence-electron chi connectivity index (χ3n) is 8.56. The molecular formula is C24H41NO3. The quantitative estimate of drug-likeness (QED) is 0.673. The zero-order chi connectivity index (χ0) is 20.5. The first kappa shape index (κ1) is 21.8. The minimum absolute atomic E-state index is 0.0444. The molecule has 0 saturated heterocycles. The molecule has 4 heteroatoms. The zero-order valence-corrected chi connectivity index (χ0v) is 18.4. The summed E-state index contributed by atoms with van der Waals surface area (Å²) in [7, 11) is 0. The van der Waals surface area contributed by atoms with Crippen molar-refractivity contribution >= 4 is 5.91 Å². The number of hydrogen-bond donors (Lipinski definition) is 2. The Morgan fingerprint density at radius 1 is 1.14 bits per heavy atom. The van der Waals surface area contributed by atoms with E-state index in [-0.39, 0.29) is 30.0 Å². The number of hydrogen-bond acceptors (Lipinski definition) is 3. The van der Waals surface area contributed by atoms with Crippen LogP contribution in [-0.4, -0.2) is 47.3 Å². The Kier molecular flexibility index (Phi) is 6.61. The first-order valence-electron chi connectivity index (χ1n) is 11.5. The van der Waals surface area contributed by atoms with Gasteiger partial charge >= 0.3 is 0 Å². The number of allylic oxidation sites excluding steroid dienone is 2. The third-order valence-corrected chi connectivity index (χ3v) is 8.56. The topological polar surface area (TPSA) is 60.8 Å². The van der Waals surface area contributed by atoms with Gasteiger partial charge in [-0.2, -0.15) is 0 Å². The number of aliphatic hydroxyl groups is 2. The van der Waals surface area contributed by atoms with Crippen molar-refractivity contribution in [2.45, 2.75) is 72.6 Å². The molecule has 28 heavy (non-hydrogen) atoms. The number of nitrogens with zero attached hydrogens (tertiary/aromatic N) is 1. The lowest BCUT2D eigenvalue weighted by Gasteiger charge is -2.60. The predicted octanol–water partition coefficient (Wildman–Crippen LogP) is 4.01. The van der Waals surface area contributed by atoms with Gasteiger partial charge in [-0.3, -0.25) is 4.79 Å². The standard InChI is InChI=1S/C24H41NO3/c1-17(2)18-6-8-20-19(16-18)7-9-21-23(20,3)10-5-11-24(21,4)22(28)25(12-14-26)13-15-27/h16-17,19-21,26-27H,5-15H2,1-4H3. The zero-order valence-electron chi connectivity index (χ0n) is 18.4. The van der Waals surface area contributed by atoms with Gasteiger partial charge in [-0.1, -0.05) is 45.8 Å². The summed E-state index contributed by atoms with van der Waals surface area (Å²) in [6.45, 7) is 9.83. The van der Waals surface area contributed by atoms with Gasteiger partial charge < -0.3 is 15.1 Å². The Labute approximate surface area is 171 Å². The average Bonchev–Trinajstić information content (AvgIpc) is 2.66. The first-order valence-corrected chi connectivity index (χ1v) is 11.5. The van der Waals surface area contributed by atoms with Crippen LogP contribution in [-0.2, 0) is 4.79 Å². The molecule has 3 rings (SSSR count). The van der Waals surface area contributed by atoms with Crippen LogP contribution in [0.15, 0.2) is 11.6 Å². The first-order chi connectivity index (χ1) is 13.3. The minimum Gasteiger partial charge on any atom is -0.395 e. The van der Waals surface area contributed by atoms with Gasteiger partial charge in [0.05, 0.1) is 13.2 Å². The lowest BCUT2D eigenvalue weighted by atomic mass is 9.44. The van der Waals surface area contributed by atoms with E-state index in [1.807, 2.05) is 0 Å². The molecule has 5 unspecified atom stereocenters. The molecule has 0 aromatic carbocycles. The molecule has 2 saturated carbocycles. The lowest BCUT2D eigenvalue weighted by molar-refractivity contribution is -0.163. The maximum atomic E-state index is 13.6. The van der Waals surface area contributed by atoms with Gasteiger partial charge in [-0.05, 0) is 67.6 Å². The minimum atomic E-state index is -0.371. The molecule has 0 aromatic rings. The number of aliphatic hydroxyl groups excluding tert-OH is 2. The largest absolute Gasteiger partial charge is 0.395 e. The summed E-state index contributed by atoms with van der Waals surface area (Å²) < 4.78 is 0. The van der Waals surface area contributed by atoms with Crippen molar-refractivity contribution in [2.75, 3.05) is 26.3 Å². The lowest BCUT2D eigenvalue weighted by Crippen LogP contribution is -2.58. The number of amides is 1. The van der Waals surface area contributed by atoms with Gasteiger partial charge in [-0.15, -0.1) is 0 Å². The highest BCUT2D eigenvalue weighted by Gasteiger charge is 2.59. The molecule has 0 spiro atoms. The Morgan fingerprint density at radius 2 is 1.82 bits per heavy atom. The molecule has 3 aliphatic rings. The Morgan fingerprint density at radius 3 is 2.43 bits per heavy atom. The summed E-state index contributed by atoms with van der Waals surface area (Å²) >= 11 is 0. The Balaban J connectivity index is 1.88. The van der Waals surface area contributed by atoms with Crippen molar-refractivity contribution in [1.29, 1.82) is 0 Å². The van der Waals surface area contributed by atoms with E-state index in [1.165, 1.54) is 25.7 Å². The Hall–Kier alpha value is -0.870. The summed E-state index contributed by atoms with van der Waals surface area (Å²) in [5, 5.41) is 18.8. The number of carbonyl (C=O) groups excluding carboxylic acids is 1. The van der Waals surface area contributed by atoms with E-state index >= 15 is 0 Å². The molecule has 0 bridgehead atoms. The molecule has 2 fully saturated rings. The molecule has 0 heterocycles. The van der Waals surface area contributed by atoms with Gasteiger partial charge in [-0.25, -0.2) is 0 Å². The number of fused-ring (bicyclic) bond motifs is 3. The SMILES string of the molecule is CC(C)C1=CC2CCC3C(C)(C(=O)N(CCO)CCO)CCCC3(C)C2CC1. The Bertz CT molecular complexity index is 595. The summed E-state index contributed by atoms with van der Waals surface area (Å²) in [5.74, 6) is 2.56. The molecular weight excluding hydrogens is 350 g/mol. The van der Waals surface area contributed by atoms with Crippen LogP contribution < -0.4 is 0 Å². The van der Waals surface area contributed by atoms with E-state index in [4.69, 9.17) is 0 Å². The summed E-state index contributed by atoms with van der Waals surface area (Å²) in [4.78, 5) is 15.3. The van der Waals surface area contributed by atoms with Crippen LogP contribution in [0.5, 0.6) is 0 Å². The second-order valence-electron chi connectivity index (χ2n) is 10.4. The van der Waals surface area contributed by atoms with E-state index in [1.54, 1.807) is 10.5 Å². The van der Waals surface area contributed by atoms with E-state index in [9.17, 15) is 15.0 Å². The summed E-state index contributed by atoms with van der Waals surface area (Å²) in [5.41, 5.74) is 1.48. The summed E-state index contributed by atoms with van der Waals surface area (Å²) in [6, 6.07) is 0. The van der Waals surface area contributed by atoms with Gasteiger partial charge in [0.1, 0.15) is 0 Å². The molecule has 160 valence electrons. The predicted molar refractivity (Wildman–Crippen MR) is 113 cm³/mol.